The van der Waals surface area contributed by atoms with E-state index in [2.05, 4.69) is 0 Å². The molecule has 0 saturated carbocycles. The number of para-hydroxylation sites is 1. The van der Waals surface area contributed by atoms with Crippen molar-refractivity contribution in [2.75, 3.05) is 0 Å². The van der Waals surface area contributed by atoms with Crippen LogP contribution in [0.25, 0.3) is 0 Å². The third-order valence-electron chi connectivity index (χ3n) is 1.27. The molecule has 1 aromatic rings. The van der Waals surface area contributed by atoms with E-state index in [4.69, 9.17) is 8.17 Å². The van der Waals surface area contributed by atoms with E-state index in [1.165, 1.54) is 6.07 Å². The van der Waals surface area contributed by atoms with Crippen LogP contribution < -0.4 is 3.07 Å². The Morgan fingerprint density at radius 2 is 1.93 bits per heavy atom. The summed E-state index contributed by atoms with van der Waals surface area (Å²) in [5, 5.41) is 8.73. The molecule has 0 aliphatic rings. The van der Waals surface area contributed by atoms with Crippen molar-refractivity contribution < 1.29 is 13.0 Å². The van der Waals surface area contributed by atoms with Gasteiger partial charge in [-0.3, -0.25) is 0 Å². The zero-order chi connectivity index (χ0) is 9.14. The van der Waals surface area contributed by atoms with Crippen molar-refractivity contribution in [2.45, 2.75) is 0 Å². The predicted molar refractivity (Wildman–Crippen MR) is 75.1 cm³/mol. The van der Waals surface area contributed by atoms with Crippen molar-refractivity contribution in [2.24, 2.45) is 0 Å². The van der Waals surface area contributed by atoms with Crippen molar-refractivity contribution in [3.63, 3.8) is 0 Å². The zero-order valence-corrected chi connectivity index (χ0v) is 10.1. The number of hydrogen-bond donors (Lipinski definition) is 1. The molecule has 0 unspecified atom stereocenters. The molecule has 0 bridgehead atoms. The molecule has 0 atom stereocenters. The summed E-state index contributed by atoms with van der Waals surface area (Å²) in [7, 11) is 0. The summed E-state index contributed by atoms with van der Waals surface area (Å²) in [6, 6.07) is 4.99. The number of hydrogen-bond acceptors (Lipinski definition) is 2. The molecule has 3 nitrogen and oxygen atoms in total. The number of carboxylic acid groups (broad SMARTS) is 1. The Hall–Kier alpha value is 1.95. The zero-order valence-electron chi connectivity index (χ0n) is 5.75. The van der Waals surface area contributed by atoms with Crippen LogP contribution in [0, 0.1) is 3.57 Å². The molecule has 1 rings (SSSR count). The number of benzene rings is 1. The second-order valence-corrected chi connectivity index (χ2v) is 3.60. The molecule has 0 aliphatic heterocycles. The Morgan fingerprint density at radius 1 is 1.36 bits per heavy atom. The van der Waals surface area contributed by atoms with Crippen molar-refractivity contribution in [1.82, 2.24) is 0 Å². The fraction of sp³-hybridized carbons (Fsp3) is 0. The molecule has 0 aliphatic carbocycles. The molecule has 0 aromatic heterocycles. The molecular weight excluding hydrogens is 432 g/mol. The minimum atomic E-state index is -0.972. The molecule has 0 saturated heterocycles. The van der Waals surface area contributed by atoms with Gasteiger partial charge in [-0.1, -0.05) is 6.07 Å². The van der Waals surface area contributed by atoms with Crippen LogP contribution in [0.4, 0.5) is 0 Å². The molecule has 68 valence electrons. The summed E-state index contributed by atoms with van der Waals surface area (Å²) in [5.41, 5.74) is 0.191. The first kappa shape index (κ1) is 18.3. The van der Waals surface area contributed by atoms with Gasteiger partial charge in [0, 0.05) is 0 Å². The van der Waals surface area contributed by atoms with E-state index in [0.717, 1.165) is 3.57 Å². The first-order valence-corrected chi connectivity index (χ1v) is 4.93. The fourth-order valence-corrected chi connectivity index (χ4v) is 2.26. The number of aromatic carboxylic acids is 1. The molecule has 1 N–H and O–H groups in total. The van der Waals surface area contributed by atoms with E-state index < -0.39 is 5.97 Å². The number of rotatable bonds is 2. The average Bonchev–Trinajstić information content (AvgIpc) is 2.03. The van der Waals surface area contributed by atoms with Gasteiger partial charge in [-0.05, 0) is 34.7 Å². The molecular formula is C7H6I2Na2O3. The van der Waals surface area contributed by atoms with Gasteiger partial charge in [-0.2, -0.15) is 0 Å². The summed E-state index contributed by atoms with van der Waals surface area (Å²) < 4.78 is 5.71. The summed E-state index contributed by atoms with van der Waals surface area (Å²) in [6.45, 7) is 0. The van der Waals surface area contributed by atoms with Gasteiger partial charge in [0.25, 0.3) is 0 Å². The van der Waals surface area contributed by atoms with Crippen LogP contribution >= 0.6 is 45.6 Å². The van der Waals surface area contributed by atoms with Crippen molar-refractivity contribution >= 4 is 111 Å². The van der Waals surface area contributed by atoms with Crippen LogP contribution in [0.3, 0.4) is 0 Å². The van der Waals surface area contributed by atoms with E-state index in [9.17, 15) is 4.79 Å². The molecule has 14 heavy (non-hydrogen) atoms. The molecule has 1 aromatic carbocycles. The molecule has 7 heteroatoms. The van der Waals surface area contributed by atoms with Crippen LogP contribution in [-0.2, 0) is 0 Å². The summed E-state index contributed by atoms with van der Waals surface area (Å²) in [4.78, 5) is 10.6. The van der Waals surface area contributed by atoms with Crippen LogP contribution in [0.5, 0.6) is 5.75 Å². The van der Waals surface area contributed by atoms with Crippen LogP contribution in [-0.4, -0.2) is 70.2 Å². The summed E-state index contributed by atoms with van der Waals surface area (Å²) in [5.74, 6) is -0.564. The summed E-state index contributed by atoms with van der Waals surface area (Å²) in [6.07, 6.45) is 0. The summed E-state index contributed by atoms with van der Waals surface area (Å²) >= 11 is 3.70. The van der Waals surface area contributed by atoms with E-state index in [1.807, 2.05) is 22.6 Å². The average molecular weight is 438 g/mol. The van der Waals surface area contributed by atoms with Gasteiger partial charge < -0.3 is 8.17 Å². The number of carboxylic acids is 1. The van der Waals surface area contributed by atoms with Gasteiger partial charge in [0.15, 0.2) is 28.8 Å². The van der Waals surface area contributed by atoms with E-state index in [-0.39, 0.29) is 64.7 Å². The molecule has 0 amide bonds. The topological polar surface area (TPSA) is 46.5 Å². The Bertz CT molecular complexity index is 320. The molecule has 0 fully saturated rings. The molecule has 0 heterocycles. The van der Waals surface area contributed by atoms with Gasteiger partial charge in [0.2, 0.25) is 0 Å². The number of halogens is 2. The van der Waals surface area contributed by atoms with E-state index >= 15 is 0 Å². The normalized spacial score (nSPS) is 8.14. The van der Waals surface area contributed by atoms with Crippen LogP contribution in [0.1, 0.15) is 10.4 Å². The number of carbonyl (C=O) groups is 1. The molecule has 0 spiro atoms. The van der Waals surface area contributed by atoms with Crippen molar-refractivity contribution in [3.8, 4) is 5.75 Å². The Morgan fingerprint density at radius 3 is 2.29 bits per heavy atom. The first-order chi connectivity index (χ1) is 5.66. The third-order valence-corrected chi connectivity index (χ3v) is 2.56. The molecule has 0 radical (unpaired) electrons. The fourth-order valence-electron chi connectivity index (χ4n) is 0.756. The Balaban J connectivity index is 0. The van der Waals surface area contributed by atoms with Crippen LogP contribution in [0.15, 0.2) is 18.2 Å². The van der Waals surface area contributed by atoms with E-state index in [1.54, 1.807) is 35.1 Å². The van der Waals surface area contributed by atoms with Crippen LogP contribution in [0.2, 0.25) is 0 Å². The van der Waals surface area contributed by atoms with Gasteiger partial charge in [-0.25, -0.2) is 4.79 Å². The van der Waals surface area contributed by atoms with Crippen molar-refractivity contribution in [3.05, 3.63) is 27.3 Å². The van der Waals surface area contributed by atoms with Gasteiger partial charge in [0.1, 0.15) is 5.56 Å². The monoisotopic (exact) mass is 438 g/mol. The first-order valence-electron chi connectivity index (χ1n) is 2.97. The van der Waals surface area contributed by atoms with Gasteiger partial charge in [0.05, 0.1) is 3.57 Å². The van der Waals surface area contributed by atoms with Crippen molar-refractivity contribution in [1.29, 1.82) is 0 Å². The second-order valence-electron chi connectivity index (χ2n) is 2.00. The Labute approximate surface area is 154 Å². The predicted octanol–water partition coefficient (Wildman–Crippen LogP) is 1.42. The van der Waals surface area contributed by atoms with Gasteiger partial charge >= 0.3 is 65.1 Å². The maximum atomic E-state index is 10.6. The van der Waals surface area contributed by atoms with E-state index in [0.29, 0.717) is 5.75 Å². The third kappa shape index (κ3) is 4.86. The Kier molecular flexibility index (Phi) is 11.8. The minimum absolute atomic E-state index is 0. The maximum absolute atomic E-state index is 10.6. The second kappa shape index (κ2) is 9.03. The quantitative estimate of drug-likeness (QED) is 0.562. The SMILES string of the molecule is O=C(O)c1cccc(I)c1OI.[NaH].[NaH]. The van der Waals surface area contributed by atoms with Gasteiger partial charge in [-0.15, -0.1) is 0 Å². The standard InChI is InChI=1S/C7H4I2O3.2Na.2H/c8-5-3-1-2-4(7(10)11)6(5)12-9;;;;/h1-3H,(H,10,11);;;;.